The fourth-order valence-corrected chi connectivity index (χ4v) is 1.40. The van der Waals surface area contributed by atoms with Crippen molar-refractivity contribution in [2.45, 2.75) is 13.8 Å². The predicted molar refractivity (Wildman–Crippen MR) is 83.5 cm³/mol. The van der Waals surface area contributed by atoms with E-state index in [1.807, 2.05) is 44.2 Å². The van der Waals surface area contributed by atoms with Gasteiger partial charge in [0.1, 0.15) is 5.76 Å². The van der Waals surface area contributed by atoms with Gasteiger partial charge in [0, 0.05) is 5.69 Å². The van der Waals surface area contributed by atoms with Crippen LogP contribution in [0.3, 0.4) is 0 Å². The highest BCUT2D eigenvalue weighted by Gasteiger charge is 2.03. The molecule has 0 heterocycles. The molecule has 0 aliphatic carbocycles. The van der Waals surface area contributed by atoms with Gasteiger partial charge in [-0.2, -0.15) is 0 Å². The van der Waals surface area contributed by atoms with E-state index in [2.05, 4.69) is 18.5 Å². The molecule has 20 heavy (non-hydrogen) atoms. The van der Waals surface area contributed by atoms with Crippen molar-refractivity contribution in [3.8, 4) is 0 Å². The Bertz CT molecular complexity index is 551. The van der Waals surface area contributed by atoms with Crippen molar-refractivity contribution < 1.29 is 9.53 Å². The van der Waals surface area contributed by atoms with Gasteiger partial charge in [0.05, 0.1) is 0 Å². The van der Waals surface area contributed by atoms with Crippen molar-refractivity contribution in [1.82, 2.24) is 0 Å². The summed E-state index contributed by atoms with van der Waals surface area (Å²) in [5, 5.41) is 2.62. The fourth-order valence-electron chi connectivity index (χ4n) is 1.40. The van der Waals surface area contributed by atoms with Crippen molar-refractivity contribution in [2.75, 3.05) is 5.32 Å². The lowest BCUT2D eigenvalue weighted by molar-refractivity contribution is 0.195. The number of carbonyl (C=O) groups is 1. The molecule has 3 heteroatoms. The van der Waals surface area contributed by atoms with Gasteiger partial charge >= 0.3 is 6.09 Å². The normalized spacial score (nSPS) is 11.2. The largest absolute Gasteiger partial charge is 0.417 e. The molecular weight excluding hydrogens is 250 g/mol. The zero-order valence-corrected chi connectivity index (χ0v) is 11.8. The second kappa shape index (κ2) is 7.79. The Morgan fingerprint density at radius 2 is 1.90 bits per heavy atom. The zero-order chi connectivity index (χ0) is 15.0. The van der Waals surface area contributed by atoms with Gasteiger partial charge in [-0.05, 0) is 37.6 Å². The van der Waals surface area contributed by atoms with E-state index in [1.165, 1.54) is 0 Å². The number of rotatable bonds is 5. The molecule has 1 aromatic rings. The van der Waals surface area contributed by atoms with Crippen LogP contribution in [0.5, 0.6) is 0 Å². The lowest BCUT2D eigenvalue weighted by Gasteiger charge is -2.06. The van der Waals surface area contributed by atoms with Crippen LogP contribution in [0.15, 0.2) is 73.1 Å². The van der Waals surface area contributed by atoms with E-state index in [0.29, 0.717) is 5.69 Å². The first-order chi connectivity index (χ1) is 9.55. The molecule has 1 N–H and O–H groups in total. The molecule has 0 fully saturated rings. The number of ether oxygens (including phenoxy) is 1. The van der Waals surface area contributed by atoms with E-state index >= 15 is 0 Å². The Morgan fingerprint density at radius 3 is 2.45 bits per heavy atom. The first-order valence-corrected chi connectivity index (χ1v) is 6.26. The second-order valence-corrected chi connectivity index (χ2v) is 4.17. The first kappa shape index (κ1) is 15.5. The predicted octanol–water partition coefficient (Wildman–Crippen LogP) is 4.75. The Morgan fingerprint density at radius 1 is 1.25 bits per heavy atom. The van der Waals surface area contributed by atoms with E-state index in [9.17, 15) is 4.79 Å². The van der Waals surface area contributed by atoms with Crippen LogP contribution in [0.1, 0.15) is 12.5 Å². The number of aryl methyl sites for hydroxylation is 1. The second-order valence-electron chi connectivity index (χ2n) is 4.17. The monoisotopic (exact) mass is 269 g/mol. The molecule has 0 aromatic heterocycles. The summed E-state index contributed by atoms with van der Waals surface area (Å²) >= 11 is 0. The molecule has 0 unspecified atom stereocenters. The molecule has 0 atom stereocenters. The smallest absolute Gasteiger partial charge is 0.411 e. The third-order valence-corrected chi connectivity index (χ3v) is 2.55. The molecule has 1 amide bonds. The maximum absolute atomic E-state index is 11.6. The van der Waals surface area contributed by atoms with Crippen LogP contribution < -0.4 is 5.32 Å². The Kier molecular flexibility index (Phi) is 6.04. The Labute approximate surface area is 120 Å². The zero-order valence-electron chi connectivity index (χ0n) is 11.8. The van der Waals surface area contributed by atoms with Crippen LogP contribution in [0.25, 0.3) is 0 Å². The van der Waals surface area contributed by atoms with Gasteiger partial charge in [-0.25, -0.2) is 4.79 Å². The summed E-state index contributed by atoms with van der Waals surface area (Å²) in [5.41, 5.74) is 2.73. The molecule has 1 rings (SSSR count). The number of hydrogen-bond acceptors (Lipinski definition) is 2. The number of amides is 1. The number of benzene rings is 1. The molecule has 1 aromatic carbocycles. The summed E-state index contributed by atoms with van der Waals surface area (Å²) in [7, 11) is 0. The minimum Gasteiger partial charge on any atom is -0.411 e. The van der Waals surface area contributed by atoms with Gasteiger partial charge in [0.2, 0.25) is 0 Å². The van der Waals surface area contributed by atoms with Crippen molar-refractivity contribution in [3.05, 3.63) is 78.6 Å². The first-order valence-electron chi connectivity index (χ1n) is 6.26. The quantitative estimate of drug-likeness (QED) is 0.619. The molecule has 0 aliphatic heterocycles. The number of nitrogens with one attached hydrogen (secondary N) is 1. The average Bonchev–Trinajstić information content (AvgIpc) is 2.42. The van der Waals surface area contributed by atoms with Gasteiger partial charge in [-0.3, -0.25) is 5.32 Å². The molecule has 0 radical (unpaired) electrons. The summed E-state index contributed by atoms with van der Waals surface area (Å²) in [4.78, 5) is 11.6. The highest BCUT2D eigenvalue weighted by atomic mass is 16.6. The summed E-state index contributed by atoms with van der Waals surface area (Å²) in [5.74, 6) is 0.260. The molecule has 0 spiro atoms. The topological polar surface area (TPSA) is 38.3 Å². The van der Waals surface area contributed by atoms with Crippen LogP contribution in [-0.4, -0.2) is 6.09 Å². The van der Waals surface area contributed by atoms with E-state index in [4.69, 9.17) is 4.74 Å². The highest BCUT2D eigenvalue weighted by molar-refractivity contribution is 5.85. The van der Waals surface area contributed by atoms with Crippen LogP contribution in [-0.2, 0) is 4.74 Å². The van der Waals surface area contributed by atoms with Gasteiger partial charge in [0.15, 0.2) is 0 Å². The van der Waals surface area contributed by atoms with Crippen LogP contribution in [0, 0.1) is 6.92 Å². The van der Waals surface area contributed by atoms with E-state index < -0.39 is 6.09 Å². The minimum atomic E-state index is -0.566. The summed E-state index contributed by atoms with van der Waals surface area (Å²) in [6.45, 7) is 11.2. The highest BCUT2D eigenvalue weighted by Crippen LogP contribution is 2.10. The molecule has 0 saturated carbocycles. The standard InChI is InChI=1S/C17H19NO2/c1-5-15(6-2)10-9-14(4)20-17(19)18-16-11-7-13(3)8-12-16/h5-12H,1,4H2,2-3H3,(H,18,19)/b10-9-,15-6-. The van der Waals surface area contributed by atoms with Crippen molar-refractivity contribution in [1.29, 1.82) is 0 Å². The average molecular weight is 269 g/mol. The maximum Gasteiger partial charge on any atom is 0.417 e. The van der Waals surface area contributed by atoms with Gasteiger partial charge in [-0.15, -0.1) is 0 Å². The fraction of sp³-hybridized carbons (Fsp3) is 0.118. The van der Waals surface area contributed by atoms with Crippen LogP contribution in [0.2, 0.25) is 0 Å². The number of hydrogen-bond donors (Lipinski definition) is 1. The van der Waals surface area contributed by atoms with Crippen LogP contribution in [0.4, 0.5) is 10.5 Å². The summed E-state index contributed by atoms with van der Waals surface area (Å²) < 4.78 is 5.03. The maximum atomic E-state index is 11.6. The molecular formula is C17H19NO2. The third-order valence-electron chi connectivity index (χ3n) is 2.55. The van der Waals surface area contributed by atoms with Gasteiger partial charge < -0.3 is 4.74 Å². The lowest BCUT2D eigenvalue weighted by Crippen LogP contribution is -2.12. The van der Waals surface area contributed by atoms with Crippen molar-refractivity contribution in [2.24, 2.45) is 0 Å². The van der Waals surface area contributed by atoms with Gasteiger partial charge in [0.25, 0.3) is 0 Å². The molecule has 104 valence electrons. The summed E-state index contributed by atoms with van der Waals surface area (Å²) in [6, 6.07) is 7.44. The number of allylic oxidation sites excluding steroid dienone is 5. The molecule has 3 nitrogen and oxygen atoms in total. The van der Waals surface area contributed by atoms with E-state index in [1.54, 1.807) is 18.2 Å². The third kappa shape index (κ3) is 5.40. The van der Waals surface area contributed by atoms with Crippen LogP contribution >= 0.6 is 0 Å². The molecule has 0 saturated heterocycles. The lowest BCUT2D eigenvalue weighted by atomic mass is 10.2. The van der Waals surface area contributed by atoms with E-state index in [0.717, 1.165) is 11.1 Å². The van der Waals surface area contributed by atoms with Gasteiger partial charge in [-0.1, -0.05) is 49.1 Å². The Hall–Kier alpha value is -2.55. The van der Waals surface area contributed by atoms with Crippen molar-refractivity contribution in [3.63, 3.8) is 0 Å². The van der Waals surface area contributed by atoms with Crippen molar-refractivity contribution >= 4 is 11.8 Å². The molecule has 0 bridgehead atoms. The summed E-state index contributed by atoms with van der Waals surface area (Å²) in [6.07, 6.45) is 6.42. The number of anilines is 1. The van der Waals surface area contributed by atoms with E-state index in [-0.39, 0.29) is 5.76 Å². The Balaban J connectivity index is 2.52. The SMILES string of the molecule is C=CC(/C=C\C(=C)OC(=O)Nc1ccc(C)cc1)=C/C. The molecule has 0 aliphatic rings. The minimum absolute atomic E-state index is 0.260. The number of carbonyl (C=O) groups excluding carboxylic acids is 1.